The Kier molecular flexibility index (Phi) is 9.71. The predicted molar refractivity (Wildman–Crippen MR) is 122 cm³/mol. The molecule has 0 heterocycles. The van der Waals surface area contributed by atoms with Crippen LogP contribution in [0.1, 0.15) is 62.7 Å². The lowest BCUT2D eigenvalue weighted by Crippen LogP contribution is -2.15. The Bertz CT molecular complexity index is 824. The molecule has 0 aliphatic carbocycles. The molecule has 2 N–H and O–H groups in total. The monoisotopic (exact) mass is 460 g/mol. The number of benzene rings is 2. The molecule has 0 saturated carbocycles. The van der Waals surface area contributed by atoms with E-state index in [1.807, 2.05) is 12.1 Å². The molecule has 0 fully saturated rings. The fraction of sp³-hybridized carbons (Fsp3) is 0.391. The van der Waals surface area contributed by atoms with Crippen LogP contribution in [-0.2, 0) is 4.79 Å². The lowest BCUT2D eigenvalue weighted by Gasteiger charge is -2.13. The van der Waals surface area contributed by atoms with Gasteiger partial charge in [-0.1, -0.05) is 55.1 Å². The summed E-state index contributed by atoms with van der Waals surface area (Å²) in [5.74, 6) is 0.282. The molecule has 0 aliphatic heterocycles. The molecule has 2 aromatic carbocycles. The lowest BCUT2D eigenvalue weighted by atomic mass is 10.1. The minimum absolute atomic E-state index is 0.0134. The van der Waals surface area contributed by atoms with Crippen LogP contribution in [0.3, 0.4) is 0 Å². The van der Waals surface area contributed by atoms with Crippen LogP contribution in [0, 0.1) is 0 Å². The summed E-state index contributed by atoms with van der Waals surface area (Å²) in [6, 6.07) is 12.6. The van der Waals surface area contributed by atoms with Gasteiger partial charge in [0.05, 0.1) is 12.2 Å². The first-order valence-electron chi connectivity index (χ1n) is 10.2. The quantitative estimate of drug-likeness (QED) is 0.381. The van der Waals surface area contributed by atoms with E-state index in [0.29, 0.717) is 35.7 Å². The lowest BCUT2D eigenvalue weighted by molar-refractivity contribution is -0.116. The Morgan fingerprint density at radius 3 is 2.38 bits per heavy atom. The van der Waals surface area contributed by atoms with E-state index in [9.17, 15) is 9.59 Å². The highest BCUT2D eigenvalue weighted by Crippen LogP contribution is 2.25. The number of amides is 2. The summed E-state index contributed by atoms with van der Waals surface area (Å²) in [6.45, 7) is 4.77. The van der Waals surface area contributed by atoms with Gasteiger partial charge in [-0.2, -0.15) is 0 Å². The van der Waals surface area contributed by atoms with Gasteiger partial charge in [0.15, 0.2) is 0 Å². The number of nitrogens with one attached hydrogen (secondary N) is 2. The molecule has 0 unspecified atom stereocenters. The molecule has 6 heteroatoms. The first-order valence-corrected chi connectivity index (χ1v) is 11.0. The van der Waals surface area contributed by atoms with Crippen molar-refractivity contribution in [1.29, 1.82) is 0 Å². The molecule has 0 aromatic heterocycles. The van der Waals surface area contributed by atoms with Crippen molar-refractivity contribution in [3.63, 3.8) is 0 Å². The highest BCUT2D eigenvalue weighted by atomic mass is 79.9. The van der Waals surface area contributed by atoms with Crippen molar-refractivity contribution in [2.75, 3.05) is 17.2 Å². The Morgan fingerprint density at radius 1 is 0.931 bits per heavy atom. The van der Waals surface area contributed by atoms with Crippen LogP contribution in [0.15, 0.2) is 46.9 Å². The predicted octanol–water partition coefficient (Wildman–Crippen LogP) is 6.40. The third-order valence-electron chi connectivity index (χ3n) is 4.35. The Balaban J connectivity index is 2.05. The van der Waals surface area contributed by atoms with E-state index in [4.69, 9.17) is 4.74 Å². The van der Waals surface area contributed by atoms with E-state index in [1.54, 1.807) is 30.3 Å². The summed E-state index contributed by atoms with van der Waals surface area (Å²) >= 11 is 3.41. The van der Waals surface area contributed by atoms with E-state index in [-0.39, 0.29) is 11.8 Å². The minimum Gasteiger partial charge on any atom is -0.493 e. The number of carbonyl (C=O) groups excluding carboxylic acids is 2. The summed E-state index contributed by atoms with van der Waals surface area (Å²) in [4.78, 5) is 24.9. The second-order valence-corrected chi connectivity index (χ2v) is 7.80. The maximum absolute atomic E-state index is 12.8. The molecular formula is C23H29BrN2O3. The maximum Gasteiger partial charge on any atom is 0.259 e. The standard InChI is InChI=1S/C23H29BrN2O3/c1-3-5-7-11-22(27)25-18-9-8-10-19(16-18)26-23(28)20-15-17(24)12-13-21(20)29-14-6-4-2/h8-10,12-13,15-16H,3-7,11,14H2,1-2H3,(H,25,27)(H,26,28). The van der Waals surface area contributed by atoms with Gasteiger partial charge >= 0.3 is 0 Å². The first kappa shape index (κ1) is 22.9. The van der Waals surface area contributed by atoms with Gasteiger partial charge < -0.3 is 15.4 Å². The van der Waals surface area contributed by atoms with Gasteiger partial charge in [-0.05, 0) is 49.2 Å². The molecule has 2 amide bonds. The molecule has 156 valence electrons. The maximum atomic E-state index is 12.8. The van der Waals surface area contributed by atoms with Crippen LogP contribution in [-0.4, -0.2) is 18.4 Å². The van der Waals surface area contributed by atoms with Crippen LogP contribution < -0.4 is 15.4 Å². The van der Waals surface area contributed by atoms with E-state index >= 15 is 0 Å². The van der Waals surface area contributed by atoms with Gasteiger partial charge in [-0.3, -0.25) is 9.59 Å². The number of ether oxygens (including phenoxy) is 1. The van der Waals surface area contributed by atoms with Crippen molar-refractivity contribution in [3.05, 3.63) is 52.5 Å². The van der Waals surface area contributed by atoms with Gasteiger partial charge in [-0.25, -0.2) is 0 Å². The second kappa shape index (κ2) is 12.3. The number of anilines is 2. The average molecular weight is 461 g/mol. The number of hydrogen-bond donors (Lipinski definition) is 2. The van der Waals surface area contributed by atoms with Crippen molar-refractivity contribution in [3.8, 4) is 5.75 Å². The summed E-state index contributed by atoms with van der Waals surface area (Å²) in [7, 11) is 0. The average Bonchev–Trinajstić information content (AvgIpc) is 2.69. The first-order chi connectivity index (χ1) is 14.0. The number of hydrogen-bond acceptors (Lipinski definition) is 3. The van der Waals surface area contributed by atoms with Crippen LogP contribution in [0.5, 0.6) is 5.75 Å². The molecule has 5 nitrogen and oxygen atoms in total. The molecule has 0 radical (unpaired) electrons. The highest BCUT2D eigenvalue weighted by molar-refractivity contribution is 9.10. The van der Waals surface area contributed by atoms with E-state index in [0.717, 1.165) is 36.6 Å². The van der Waals surface area contributed by atoms with Crippen molar-refractivity contribution in [2.24, 2.45) is 0 Å². The highest BCUT2D eigenvalue weighted by Gasteiger charge is 2.14. The molecular weight excluding hydrogens is 432 g/mol. The largest absolute Gasteiger partial charge is 0.493 e. The van der Waals surface area contributed by atoms with Crippen molar-refractivity contribution in [2.45, 2.75) is 52.4 Å². The number of halogens is 1. The van der Waals surface area contributed by atoms with Crippen LogP contribution in [0.2, 0.25) is 0 Å². The molecule has 2 aromatic rings. The van der Waals surface area contributed by atoms with Gasteiger partial charge in [-0.15, -0.1) is 0 Å². The molecule has 0 atom stereocenters. The van der Waals surface area contributed by atoms with Crippen LogP contribution >= 0.6 is 15.9 Å². The van der Waals surface area contributed by atoms with Crippen LogP contribution in [0.25, 0.3) is 0 Å². The number of rotatable bonds is 11. The number of unbranched alkanes of at least 4 members (excludes halogenated alkanes) is 3. The molecule has 2 rings (SSSR count). The minimum atomic E-state index is -0.260. The Morgan fingerprint density at radius 2 is 1.66 bits per heavy atom. The third-order valence-corrected chi connectivity index (χ3v) is 4.85. The molecule has 29 heavy (non-hydrogen) atoms. The molecule has 0 aliphatic rings. The SMILES string of the molecule is CCCCCC(=O)Nc1cccc(NC(=O)c2cc(Br)ccc2OCCCC)c1. The fourth-order valence-electron chi connectivity index (χ4n) is 2.76. The van der Waals surface area contributed by atoms with E-state index in [1.165, 1.54) is 0 Å². The third kappa shape index (κ3) is 7.89. The summed E-state index contributed by atoms with van der Waals surface area (Å²) in [5, 5.41) is 5.78. The van der Waals surface area contributed by atoms with E-state index in [2.05, 4.69) is 40.4 Å². The smallest absolute Gasteiger partial charge is 0.259 e. The molecule has 0 saturated heterocycles. The zero-order chi connectivity index (χ0) is 21.1. The molecule has 0 bridgehead atoms. The molecule has 0 spiro atoms. The zero-order valence-corrected chi connectivity index (χ0v) is 18.7. The number of carbonyl (C=O) groups is 2. The van der Waals surface area contributed by atoms with E-state index < -0.39 is 0 Å². The normalized spacial score (nSPS) is 10.4. The van der Waals surface area contributed by atoms with Crippen molar-refractivity contribution in [1.82, 2.24) is 0 Å². The van der Waals surface area contributed by atoms with Gasteiger partial charge in [0, 0.05) is 22.3 Å². The van der Waals surface area contributed by atoms with Gasteiger partial charge in [0.2, 0.25) is 5.91 Å². The van der Waals surface area contributed by atoms with Gasteiger partial charge in [0.25, 0.3) is 5.91 Å². The van der Waals surface area contributed by atoms with Crippen molar-refractivity contribution >= 4 is 39.1 Å². The second-order valence-electron chi connectivity index (χ2n) is 6.88. The Labute approximate surface area is 181 Å². The van der Waals surface area contributed by atoms with Crippen LogP contribution in [0.4, 0.5) is 11.4 Å². The topological polar surface area (TPSA) is 67.4 Å². The zero-order valence-electron chi connectivity index (χ0n) is 17.1. The van der Waals surface area contributed by atoms with Gasteiger partial charge in [0.1, 0.15) is 5.75 Å². The fourth-order valence-corrected chi connectivity index (χ4v) is 3.13. The summed E-state index contributed by atoms with van der Waals surface area (Å²) < 4.78 is 6.58. The summed E-state index contributed by atoms with van der Waals surface area (Å²) in [5.41, 5.74) is 1.74. The summed E-state index contributed by atoms with van der Waals surface area (Å²) in [6.07, 6.45) is 5.45. The Hall–Kier alpha value is -2.34. The van der Waals surface area contributed by atoms with Crippen molar-refractivity contribution < 1.29 is 14.3 Å².